The molecule has 28 heavy (non-hydrogen) atoms. The zero-order chi connectivity index (χ0) is 20.1. The molecule has 0 fully saturated rings. The van der Waals surface area contributed by atoms with Gasteiger partial charge in [-0.1, -0.05) is 60.6 Å². The molecule has 0 aliphatic heterocycles. The third-order valence-electron chi connectivity index (χ3n) is 3.65. The van der Waals surface area contributed by atoms with Gasteiger partial charge in [-0.25, -0.2) is 8.42 Å². The van der Waals surface area contributed by atoms with Crippen molar-refractivity contribution in [3.63, 3.8) is 0 Å². The number of rotatable bonds is 7. The third kappa shape index (κ3) is 4.53. The maximum Gasteiger partial charge on any atom is 0.271 e. The zero-order valence-electron chi connectivity index (χ0n) is 14.4. The lowest BCUT2D eigenvalue weighted by molar-refractivity contribution is -0.213. The molecule has 0 spiro atoms. The number of hydrazone groups is 1. The van der Waals surface area contributed by atoms with E-state index in [0.29, 0.717) is 16.3 Å². The Morgan fingerprint density at radius 3 is 2.39 bits per heavy atom. The fraction of sp³-hybridized carbons (Fsp3) is 0. The van der Waals surface area contributed by atoms with Gasteiger partial charge in [0.15, 0.2) is 0 Å². The lowest BCUT2D eigenvalue weighted by Crippen LogP contribution is -2.25. The van der Waals surface area contributed by atoms with Crippen molar-refractivity contribution in [3.05, 3.63) is 88.8 Å². The van der Waals surface area contributed by atoms with Crippen molar-refractivity contribution < 1.29 is 13.5 Å². The second kappa shape index (κ2) is 8.47. The summed E-state index contributed by atoms with van der Waals surface area (Å²) in [5, 5.41) is 18.4. The number of thiophene rings is 1. The number of nitrogens with one attached hydrogen (secondary N) is 2. The van der Waals surface area contributed by atoms with Crippen LogP contribution < -0.4 is 15.3 Å². The smallest absolute Gasteiger partial charge is 0.271 e. The van der Waals surface area contributed by atoms with Crippen LogP contribution in [0.15, 0.2) is 81.9 Å². The molecule has 144 valence electrons. The molecular formula is C19H15ClN3O3S2-. The quantitative estimate of drug-likeness (QED) is 0.339. The zero-order valence-corrected chi connectivity index (χ0v) is 16.8. The van der Waals surface area contributed by atoms with Gasteiger partial charge in [0.2, 0.25) is 0 Å². The molecule has 6 nitrogen and oxygen atoms in total. The molecule has 1 aromatic heterocycles. The minimum absolute atomic E-state index is 0.0992. The van der Waals surface area contributed by atoms with E-state index < -0.39 is 15.9 Å². The molecule has 2 aromatic carbocycles. The predicted molar refractivity (Wildman–Crippen MR) is 112 cm³/mol. The molecule has 0 aliphatic rings. The van der Waals surface area contributed by atoms with E-state index in [1.165, 1.54) is 18.2 Å². The molecule has 0 atom stereocenters. The van der Waals surface area contributed by atoms with Crippen LogP contribution in [0.2, 0.25) is 5.02 Å². The van der Waals surface area contributed by atoms with E-state index in [2.05, 4.69) is 21.8 Å². The molecule has 0 amide bonds. The van der Waals surface area contributed by atoms with Crippen molar-refractivity contribution in [3.8, 4) is 0 Å². The number of hydrogen-bond donors (Lipinski definition) is 2. The largest absolute Gasteiger partial charge is 0.857 e. The molecule has 0 saturated heterocycles. The first-order chi connectivity index (χ1) is 13.4. The van der Waals surface area contributed by atoms with Gasteiger partial charge in [-0.15, -0.1) is 11.3 Å². The summed E-state index contributed by atoms with van der Waals surface area (Å²) in [5.74, 6) is -0.655. The Bertz CT molecular complexity index is 1130. The topological polar surface area (TPSA) is 93.6 Å². The molecule has 0 bridgehead atoms. The van der Waals surface area contributed by atoms with Crippen LogP contribution in [-0.4, -0.2) is 14.3 Å². The molecule has 1 heterocycles. The van der Waals surface area contributed by atoms with Crippen LogP contribution >= 0.6 is 22.9 Å². The third-order valence-corrected chi connectivity index (χ3v) is 6.75. The number of hydrogen-bond acceptors (Lipinski definition) is 6. The Morgan fingerprint density at radius 2 is 1.71 bits per heavy atom. The van der Waals surface area contributed by atoms with Gasteiger partial charge in [-0.3, -0.25) is 10.1 Å². The highest BCUT2D eigenvalue weighted by Gasteiger charge is 2.16. The standard InChI is InChI=1S/C19H16ClN3O3S2/c1-13(14-7-2-4-9-16(14)20)21-22-19(24)15-8-3-5-10-17(15)23-28(25,26)18-11-6-12-27-18/h2-12,21,23H,1H2,(H,22,24)/p-1. The number of halogens is 1. The molecular weight excluding hydrogens is 418 g/mol. The highest BCUT2D eigenvalue weighted by molar-refractivity contribution is 7.94. The van der Waals surface area contributed by atoms with Crippen molar-refractivity contribution in [2.75, 3.05) is 4.72 Å². The van der Waals surface area contributed by atoms with Crippen LogP contribution in [0, 0.1) is 0 Å². The molecule has 3 aromatic rings. The number of sulfonamides is 1. The van der Waals surface area contributed by atoms with Crippen LogP contribution in [0.3, 0.4) is 0 Å². The van der Waals surface area contributed by atoms with Gasteiger partial charge in [0.1, 0.15) is 4.21 Å². The fourth-order valence-corrected chi connectivity index (χ4v) is 4.64. The van der Waals surface area contributed by atoms with Crippen LogP contribution in [-0.2, 0) is 10.0 Å². The lowest BCUT2D eigenvalue weighted by atomic mass is 10.2. The summed E-state index contributed by atoms with van der Waals surface area (Å²) >= 11 is 7.18. The molecule has 3 rings (SSSR count). The van der Waals surface area contributed by atoms with E-state index in [4.69, 9.17) is 11.6 Å². The van der Waals surface area contributed by atoms with Gasteiger partial charge < -0.3 is 5.11 Å². The Kier molecular flexibility index (Phi) is 6.03. The fourth-order valence-electron chi connectivity index (χ4n) is 2.31. The van der Waals surface area contributed by atoms with Crippen molar-refractivity contribution in [1.29, 1.82) is 0 Å². The van der Waals surface area contributed by atoms with Gasteiger partial charge in [-0.2, -0.15) is 5.10 Å². The van der Waals surface area contributed by atoms with Crippen LogP contribution in [0.4, 0.5) is 5.69 Å². The SMILES string of the molecule is C=C(NN=C([O-])c1ccccc1NS(=O)(=O)c1cccs1)c1ccccc1Cl. The molecule has 0 saturated carbocycles. The minimum atomic E-state index is -3.79. The van der Waals surface area contributed by atoms with Crippen LogP contribution in [0.25, 0.3) is 5.70 Å². The summed E-state index contributed by atoms with van der Waals surface area (Å²) in [6.07, 6.45) is 0. The van der Waals surface area contributed by atoms with Crippen molar-refractivity contribution in [1.82, 2.24) is 5.43 Å². The first-order valence-corrected chi connectivity index (χ1v) is 10.7. The van der Waals surface area contributed by atoms with E-state index in [9.17, 15) is 13.5 Å². The van der Waals surface area contributed by atoms with E-state index in [1.807, 2.05) is 0 Å². The average Bonchev–Trinajstić information content (AvgIpc) is 3.22. The Labute approximate surface area is 171 Å². The van der Waals surface area contributed by atoms with Crippen LogP contribution in [0.1, 0.15) is 11.1 Å². The molecule has 2 N–H and O–H groups in total. The molecule has 0 radical (unpaired) electrons. The normalized spacial score (nSPS) is 11.8. The second-order valence-corrected chi connectivity index (χ2v) is 8.83. The summed E-state index contributed by atoms with van der Waals surface area (Å²) in [4.78, 5) is 0. The van der Waals surface area contributed by atoms with Gasteiger partial charge >= 0.3 is 0 Å². The number of anilines is 1. The van der Waals surface area contributed by atoms with E-state index in [-0.39, 0.29) is 15.5 Å². The van der Waals surface area contributed by atoms with Gasteiger partial charge in [-0.05, 0) is 23.6 Å². The highest BCUT2D eigenvalue weighted by atomic mass is 35.5. The van der Waals surface area contributed by atoms with Crippen molar-refractivity contribution in [2.45, 2.75) is 4.21 Å². The molecule has 0 aliphatic carbocycles. The summed E-state index contributed by atoms with van der Waals surface area (Å²) in [5.41, 5.74) is 3.76. The first kappa shape index (κ1) is 19.9. The maximum absolute atomic E-state index is 12.5. The lowest BCUT2D eigenvalue weighted by Gasteiger charge is -2.17. The maximum atomic E-state index is 12.5. The van der Waals surface area contributed by atoms with Gasteiger partial charge in [0.25, 0.3) is 10.0 Å². The van der Waals surface area contributed by atoms with Gasteiger partial charge in [0, 0.05) is 22.0 Å². The molecule has 0 unspecified atom stereocenters. The minimum Gasteiger partial charge on any atom is -0.857 e. The average molecular weight is 433 g/mol. The van der Waals surface area contributed by atoms with Crippen molar-refractivity contribution >= 4 is 50.2 Å². The highest BCUT2D eigenvalue weighted by Crippen LogP contribution is 2.23. The monoisotopic (exact) mass is 432 g/mol. The van der Waals surface area contributed by atoms with E-state index >= 15 is 0 Å². The summed E-state index contributed by atoms with van der Waals surface area (Å²) in [6, 6.07) is 16.3. The second-order valence-electron chi connectivity index (χ2n) is 5.57. The van der Waals surface area contributed by atoms with E-state index in [0.717, 1.165) is 11.3 Å². The Hall–Kier alpha value is -2.81. The van der Waals surface area contributed by atoms with Gasteiger partial charge in [0.05, 0.1) is 11.4 Å². The number of nitrogens with zero attached hydrogens (tertiary/aromatic N) is 1. The summed E-state index contributed by atoms with van der Waals surface area (Å²) < 4.78 is 27.5. The van der Waals surface area contributed by atoms with E-state index in [1.54, 1.807) is 47.8 Å². The Balaban J connectivity index is 1.83. The summed E-state index contributed by atoms with van der Waals surface area (Å²) in [6.45, 7) is 3.82. The van der Waals surface area contributed by atoms with Crippen molar-refractivity contribution in [2.24, 2.45) is 5.10 Å². The molecule has 9 heteroatoms. The number of benzene rings is 2. The summed E-state index contributed by atoms with van der Waals surface area (Å²) in [7, 11) is -3.79. The van der Waals surface area contributed by atoms with Crippen LogP contribution in [0.5, 0.6) is 0 Å². The predicted octanol–water partition coefficient (Wildman–Crippen LogP) is 3.48. The number of para-hydroxylation sites is 1. The first-order valence-electron chi connectivity index (χ1n) is 7.99. The Morgan fingerprint density at radius 1 is 1.04 bits per heavy atom.